The monoisotopic (exact) mass is 581 g/mol. The van der Waals surface area contributed by atoms with Crippen molar-refractivity contribution >= 4 is 35.8 Å². The molecule has 1 unspecified atom stereocenters. The summed E-state index contributed by atoms with van der Waals surface area (Å²) in [5.41, 5.74) is -0.0127. The molecule has 224 valence electrons. The zero-order chi connectivity index (χ0) is 31.0. The number of hydrazine groups is 1. The molecule has 0 saturated heterocycles. The van der Waals surface area contributed by atoms with Gasteiger partial charge in [0.1, 0.15) is 24.8 Å². The molecule has 1 atom stereocenters. The van der Waals surface area contributed by atoms with Gasteiger partial charge in [0.15, 0.2) is 0 Å². The number of amides is 4. The van der Waals surface area contributed by atoms with Gasteiger partial charge in [-0.15, -0.1) is 0 Å². The lowest BCUT2D eigenvalue weighted by atomic mass is 10.1. The van der Waals surface area contributed by atoms with E-state index in [1.54, 1.807) is 64.1 Å². The zero-order valence-corrected chi connectivity index (χ0v) is 24.3. The normalized spacial score (nSPS) is 13.2. The second-order valence-corrected chi connectivity index (χ2v) is 10.4. The van der Waals surface area contributed by atoms with Gasteiger partial charge in [-0.3, -0.25) is 28.9 Å². The Morgan fingerprint density at radius 1 is 0.857 bits per heavy atom. The first-order valence-electron chi connectivity index (χ1n) is 13.4. The van der Waals surface area contributed by atoms with E-state index in [0.717, 1.165) is 20.5 Å². The molecule has 42 heavy (non-hydrogen) atoms. The van der Waals surface area contributed by atoms with Crippen molar-refractivity contribution in [1.82, 2.24) is 14.9 Å². The minimum atomic E-state index is -1.57. The van der Waals surface area contributed by atoms with Crippen molar-refractivity contribution in [3.05, 3.63) is 71.3 Å². The van der Waals surface area contributed by atoms with Crippen LogP contribution < -0.4 is 0 Å². The van der Waals surface area contributed by atoms with Crippen LogP contribution in [-0.2, 0) is 35.2 Å². The van der Waals surface area contributed by atoms with Crippen LogP contribution in [0.25, 0.3) is 0 Å². The standard InChI is InChI=1S/C30H35N3O9/c1-6-40-25(35)18-32(31(5)29(39)42-30(2,3)4)28(38)23(16-17-24(34)41-19-20-12-8-7-9-13-20)33-26(36)21-14-10-11-15-22(21)27(33)37/h7-15,23H,6,16-19H2,1-5H3. The van der Waals surface area contributed by atoms with Crippen LogP contribution in [-0.4, -0.2) is 82.5 Å². The number of fused-ring (bicyclic) bond motifs is 1. The van der Waals surface area contributed by atoms with Crippen molar-refractivity contribution in [3.8, 4) is 0 Å². The molecular formula is C30H35N3O9. The van der Waals surface area contributed by atoms with E-state index in [-0.39, 0.29) is 37.2 Å². The molecule has 0 fully saturated rings. The van der Waals surface area contributed by atoms with E-state index < -0.39 is 53.9 Å². The SMILES string of the molecule is CCOC(=O)CN(C(=O)C(CCC(=O)OCc1ccccc1)N1C(=O)c2ccccc2C1=O)N(C)C(=O)OC(C)(C)C. The van der Waals surface area contributed by atoms with E-state index in [9.17, 15) is 28.8 Å². The second-order valence-electron chi connectivity index (χ2n) is 10.4. The smallest absolute Gasteiger partial charge is 0.429 e. The summed E-state index contributed by atoms with van der Waals surface area (Å²) < 4.78 is 15.7. The third-order valence-corrected chi connectivity index (χ3v) is 6.15. The maximum Gasteiger partial charge on any atom is 0.429 e. The Morgan fingerprint density at radius 2 is 1.43 bits per heavy atom. The van der Waals surface area contributed by atoms with Crippen molar-refractivity contribution in [1.29, 1.82) is 0 Å². The van der Waals surface area contributed by atoms with Crippen molar-refractivity contribution in [2.24, 2.45) is 0 Å². The third kappa shape index (κ3) is 7.93. The molecule has 12 nitrogen and oxygen atoms in total. The molecule has 0 saturated carbocycles. The van der Waals surface area contributed by atoms with E-state index in [1.807, 2.05) is 6.07 Å². The van der Waals surface area contributed by atoms with Crippen molar-refractivity contribution in [2.45, 2.75) is 58.8 Å². The van der Waals surface area contributed by atoms with Crippen LogP contribution in [0.15, 0.2) is 54.6 Å². The van der Waals surface area contributed by atoms with Gasteiger partial charge in [-0.25, -0.2) is 14.8 Å². The van der Waals surface area contributed by atoms with Crippen molar-refractivity contribution < 1.29 is 43.0 Å². The van der Waals surface area contributed by atoms with E-state index in [0.29, 0.717) is 0 Å². The predicted molar refractivity (Wildman–Crippen MR) is 149 cm³/mol. The molecule has 0 N–H and O–H groups in total. The van der Waals surface area contributed by atoms with Gasteiger partial charge >= 0.3 is 18.0 Å². The molecule has 1 aliphatic heterocycles. The van der Waals surface area contributed by atoms with Crippen LogP contribution in [0, 0.1) is 0 Å². The van der Waals surface area contributed by atoms with Crippen molar-refractivity contribution in [3.63, 3.8) is 0 Å². The van der Waals surface area contributed by atoms with Gasteiger partial charge in [0.05, 0.1) is 17.7 Å². The molecule has 1 aliphatic rings. The maximum atomic E-state index is 14.1. The Morgan fingerprint density at radius 3 is 1.98 bits per heavy atom. The number of benzene rings is 2. The summed E-state index contributed by atoms with van der Waals surface area (Å²) in [7, 11) is 1.21. The average molecular weight is 582 g/mol. The Balaban J connectivity index is 1.92. The quantitative estimate of drug-likeness (QED) is 0.179. The van der Waals surface area contributed by atoms with Crippen molar-refractivity contribution in [2.75, 3.05) is 20.2 Å². The number of carbonyl (C=O) groups is 6. The minimum Gasteiger partial charge on any atom is -0.465 e. The van der Waals surface area contributed by atoms with Crippen LogP contribution in [0.3, 0.4) is 0 Å². The Labute approximate surface area is 244 Å². The number of hydrogen-bond donors (Lipinski definition) is 0. The number of rotatable bonds is 10. The first-order valence-corrected chi connectivity index (χ1v) is 13.4. The highest BCUT2D eigenvalue weighted by atomic mass is 16.6. The lowest BCUT2D eigenvalue weighted by molar-refractivity contribution is -0.162. The highest BCUT2D eigenvalue weighted by Gasteiger charge is 2.45. The number of nitrogens with zero attached hydrogens (tertiary/aromatic N) is 3. The summed E-state index contributed by atoms with van der Waals surface area (Å²) in [5.74, 6) is -3.98. The van der Waals surface area contributed by atoms with Gasteiger partial charge in [-0.1, -0.05) is 42.5 Å². The molecule has 2 aromatic carbocycles. The summed E-state index contributed by atoms with van der Waals surface area (Å²) >= 11 is 0. The van der Waals surface area contributed by atoms with Crippen LogP contribution in [0.4, 0.5) is 4.79 Å². The van der Waals surface area contributed by atoms with E-state index in [4.69, 9.17) is 14.2 Å². The fourth-order valence-corrected chi connectivity index (χ4v) is 4.18. The van der Waals surface area contributed by atoms with E-state index in [2.05, 4.69) is 0 Å². The molecule has 0 aromatic heterocycles. The number of esters is 2. The van der Waals surface area contributed by atoms with Gasteiger partial charge in [0, 0.05) is 13.5 Å². The van der Waals surface area contributed by atoms with E-state index >= 15 is 0 Å². The Bertz CT molecular complexity index is 1300. The first kappa shape index (κ1) is 31.8. The third-order valence-electron chi connectivity index (χ3n) is 6.15. The number of carbonyl (C=O) groups excluding carboxylic acids is 6. The summed E-state index contributed by atoms with van der Waals surface area (Å²) in [5, 5.41) is 1.53. The fourth-order valence-electron chi connectivity index (χ4n) is 4.18. The molecule has 12 heteroatoms. The van der Waals surface area contributed by atoms with E-state index in [1.165, 1.54) is 19.2 Å². The summed E-state index contributed by atoms with van der Waals surface area (Å²) in [6, 6.07) is 13.4. The average Bonchev–Trinajstić information content (AvgIpc) is 3.19. The van der Waals surface area contributed by atoms with Gasteiger partial charge in [-0.05, 0) is 51.8 Å². The molecule has 2 aromatic rings. The lowest BCUT2D eigenvalue weighted by Crippen LogP contribution is -2.58. The van der Waals surface area contributed by atoms with Crippen LogP contribution in [0.2, 0.25) is 0 Å². The number of hydrogen-bond acceptors (Lipinski definition) is 9. The number of imide groups is 1. The minimum absolute atomic E-state index is 0.00606. The number of ether oxygens (including phenoxy) is 3. The largest absolute Gasteiger partial charge is 0.465 e. The van der Waals surface area contributed by atoms with Gasteiger partial charge < -0.3 is 14.2 Å². The van der Waals surface area contributed by atoms with Gasteiger partial charge in [-0.2, -0.15) is 0 Å². The fraction of sp³-hybridized carbons (Fsp3) is 0.400. The molecule has 4 amide bonds. The Kier molecular flexibility index (Phi) is 10.4. The molecule has 0 radical (unpaired) electrons. The summed E-state index contributed by atoms with van der Waals surface area (Å²) in [6.45, 7) is 5.72. The molecule has 0 spiro atoms. The topological polar surface area (TPSA) is 140 Å². The summed E-state index contributed by atoms with van der Waals surface area (Å²) in [4.78, 5) is 79.7. The molecule has 1 heterocycles. The first-order chi connectivity index (χ1) is 19.8. The second kappa shape index (κ2) is 13.7. The highest BCUT2D eigenvalue weighted by molar-refractivity contribution is 6.22. The molecule has 0 bridgehead atoms. The lowest BCUT2D eigenvalue weighted by Gasteiger charge is -2.36. The predicted octanol–water partition coefficient (Wildman–Crippen LogP) is 3.35. The zero-order valence-electron chi connectivity index (χ0n) is 24.3. The molecular weight excluding hydrogens is 546 g/mol. The van der Waals surface area contributed by atoms with Crippen LogP contribution >= 0.6 is 0 Å². The van der Waals surface area contributed by atoms with Crippen LogP contribution in [0.5, 0.6) is 0 Å². The van der Waals surface area contributed by atoms with Gasteiger partial charge in [0.2, 0.25) is 0 Å². The van der Waals surface area contributed by atoms with Gasteiger partial charge in [0.25, 0.3) is 17.7 Å². The Hall–Kier alpha value is -4.74. The van der Waals surface area contributed by atoms with Crippen LogP contribution in [0.1, 0.15) is 66.8 Å². The summed E-state index contributed by atoms with van der Waals surface area (Å²) in [6.07, 6.45) is -1.65. The maximum absolute atomic E-state index is 14.1. The molecule has 3 rings (SSSR count). The highest BCUT2D eigenvalue weighted by Crippen LogP contribution is 2.27. The molecule has 0 aliphatic carbocycles.